The summed E-state index contributed by atoms with van der Waals surface area (Å²) in [5.74, 6) is 1.48. The SMILES string of the molecule is CCOc1ccc(OCC)c(C(C)O)c1. The molecule has 1 aromatic carbocycles. The van der Waals surface area contributed by atoms with Gasteiger partial charge < -0.3 is 14.6 Å². The molecular formula is C12H18O3. The number of benzene rings is 1. The van der Waals surface area contributed by atoms with Gasteiger partial charge in [-0.3, -0.25) is 0 Å². The van der Waals surface area contributed by atoms with Crippen LogP contribution in [0.3, 0.4) is 0 Å². The fraction of sp³-hybridized carbons (Fsp3) is 0.500. The lowest BCUT2D eigenvalue weighted by atomic mass is 10.1. The van der Waals surface area contributed by atoms with Gasteiger partial charge in [-0.25, -0.2) is 0 Å². The zero-order valence-electron chi connectivity index (χ0n) is 9.49. The summed E-state index contributed by atoms with van der Waals surface area (Å²) in [7, 11) is 0. The van der Waals surface area contributed by atoms with Crippen LogP contribution in [-0.2, 0) is 0 Å². The first-order valence-electron chi connectivity index (χ1n) is 5.26. The van der Waals surface area contributed by atoms with Crippen LogP contribution in [0.1, 0.15) is 32.4 Å². The van der Waals surface area contributed by atoms with Crippen molar-refractivity contribution in [3.63, 3.8) is 0 Å². The minimum atomic E-state index is -0.549. The van der Waals surface area contributed by atoms with Crippen LogP contribution in [0.4, 0.5) is 0 Å². The van der Waals surface area contributed by atoms with Gasteiger partial charge in [0.25, 0.3) is 0 Å². The maximum atomic E-state index is 9.59. The highest BCUT2D eigenvalue weighted by molar-refractivity contribution is 5.41. The zero-order valence-corrected chi connectivity index (χ0v) is 9.49. The third kappa shape index (κ3) is 3.13. The van der Waals surface area contributed by atoms with Gasteiger partial charge in [0.2, 0.25) is 0 Å². The summed E-state index contributed by atoms with van der Waals surface area (Å²) < 4.78 is 10.8. The van der Waals surface area contributed by atoms with E-state index in [1.54, 1.807) is 6.92 Å². The third-order valence-corrected chi connectivity index (χ3v) is 2.04. The Labute approximate surface area is 90.6 Å². The van der Waals surface area contributed by atoms with E-state index < -0.39 is 6.10 Å². The van der Waals surface area contributed by atoms with E-state index in [0.717, 1.165) is 17.1 Å². The molecule has 1 atom stereocenters. The third-order valence-electron chi connectivity index (χ3n) is 2.04. The van der Waals surface area contributed by atoms with E-state index >= 15 is 0 Å². The summed E-state index contributed by atoms with van der Waals surface area (Å²) >= 11 is 0. The van der Waals surface area contributed by atoms with E-state index in [0.29, 0.717) is 13.2 Å². The van der Waals surface area contributed by atoms with Crippen molar-refractivity contribution in [3.8, 4) is 11.5 Å². The van der Waals surface area contributed by atoms with Gasteiger partial charge in [0, 0.05) is 5.56 Å². The fourth-order valence-corrected chi connectivity index (χ4v) is 1.40. The van der Waals surface area contributed by atoms with Gasteiger partial charge in [0.1, 0.15) is 11.5 Å². The second kappa shape index (κ2) is 5.61. The Morgan fingerprint density at radius 3 is 2.40 bits per heavy atom. The van der Waals surface area contributed by atoms with Gasteiger partial charge in [-0.1, -0.05) is 0 Å². The summed E-state index contributed by atoms with van der Waals surface area (Å²) in [5, 5.41) is 9.59. The molecule has 1 aromatic rings. The van der Waals surface area contributed by atoms with Crippen LogP contribution >= 0.6 is 0 Å². The van der Waals surface area contributed by atoms with Gasteiger partial charge in [0.15, 0.2) is 0 Å². The van der Waals surface area contributed by atoms with Crippen molar-refractivity contribution in [2.75, 3.05) is 13.2 Å². The molecule has 84 valence electrons. The Balaban J connectivity index is 2.97. The molecule has 0 saturated carbocycles. The van der Waals surface area contributed by atoms with Crippen LogP contribution < -0.4 is 9.47 Å². The normalized spacial score (nSPS) is 12.3. The Morgan fingerprint density at radius 1 is 1.20 bits per heavy atom. The molecule has 0 fully saturated rings. The predicted molar refractivity (Wildman–Crippen MR) is 59.4 cm³/mol. The van der Waals surface area contributed by atoms with Gasteiger partial charge in [-0.15, -0.1) is 0 Å². The van der Waals surface area contributed by atoms with E-state index in [1.807, 2.05) is 32.0 Å². The highest BCUT2D eigenvalue weighted by atomic mass is 16.5. The van der Waals surface area contributed by atoms with E-state index in [1.165, 1.54) is 0 Å². The van der Waals surface area contributed by atoms with Crippen LogP contribution in [0, 0.1) is 0 Å². The first-order valence-corrected chi connectivity index (χ1v) is 5.26. The molecule has 3 heteroatoms. The smallest absolute Gasteiger partial charge is 0.125 e. The van der Waals surface area contributed by atoms with Crippen molar-refractivity contribution >= 4 is 0 Å². The molecule has 0 aromatic heterocycles. The molecular weight excluding hydrogens is 192 g/mol. The van der Waals surface area contributed by atoms with Crippen LogP contribution in [0.2, 0.25) is 0 Å². The molecule has 3 nitrogen and oxygen atoms in total. The second-order valence-electron chi connectivity index (χ2n) is 3.24. The van der Waals surface area contributed by atoms with Crippen molar-refractivity contribution in [3.05, 3.63) is 23.8 Å². The summed E-state index contributed by atoms with van der Waals surface area (Å²) in [6.07, 6.45) is -0.549. The molecule has 0 spiro atoms. The molecule has 0 saturated heterocycles. The van der Waals surface area contributed by atoms with Gasteiger partial charge >= 0.3 is 0 Å². The number of hydrogen-bond donors (Lipinski definition) is 1. The van der Waals surface area contributed by atoms with Crippen LogP contribution in [-0.4, -0.2) is 18.3 Å². The molecule has 0 radical (unpaired) electrons. The maximum absolute atomic E-state index is 9.59. The van der Waals surface area contributed by atoms with E-state index in [9.17, 15) is 5.11 Å². The molecule has 15 heavy (non-hydrogen) atoms. The first-order chi connectivity index (χ1) is 7.19. The molecule has 0 aliphatic heterocycles. The average molecular weight is 210 g/mol. The Bertz CT molecular complexity index is 308. The van der Waals surface area contributed by atoms with Gasteiger partial charge in [0.05, 0.1) is 19.3 Å². The lowest BCUT2D eigenvalue weighted by molar-refractivity contribution is 0.191. The lowest BCUT2D eigenvalue weighted by Gasteiger charge is -2.14. The Kier molecular flexibility index (Phi) is 4.43. The fourth-order valence-electron chi connectivity index (χ4n) is 1.40. The topological polar surface area (TPSA) is 38.7 Å². The van der Waals surface area contributed by atoms with Crippen molar-refractivity contribution in [2.24, 2.45) is 0 Å². The van der Waals surface area contributed by atoms with Crippen molar-refractivity contribution in [2.45, 2.75) is 26.9 Å². The largest absolute Gasteiger partial charge is 0.494 e. The highest BCUT2D eigenvalue weighted by Crippen LogP contribution is 2.29. The monoisotopic (exact) mass is 210 g/mol. The summed E-state index contributed by atoms with van der Waals surface area (Å²) in [5.41, 5.74) is 0.766. The van der Waals surface area contributed by atoms with Crippen LogP contribution in [0.5, 0.6) is 11.5 Å². The van der Waals surface area contributed by atoms with E-state index in [2.05, 4.69) is 0 Å². The minimum absolute atomic E-state index is 0.549. The number of aliphatic hydroxyl groups excluding tert-OH is 1. The minimum Gasteiger partial charge on any atom is -0.494 e. The number of aliphatic hydroxyl groups is 1. The van der Waals surface area contributed by atoms with Crippen LogP contribution in [0.25, 0.3) is 0 Å². The van der Waals surface area contributed by atoms with Gasteiger partial charge in [-0.2, -0.15) is 0 Å². The Hall–Kier alpha value is -1.22. The highest BCUT2D eigenvalue weighted by Gasteiger charge is 2.10. The maximum Gasteiger partial charge on any atom is 0.125 e. The molecule has 1 unspecified atom stereocenters. The van der Waals surface area contributed by atoms with Crippen molar-refractivity contribution in [1.82, 2.24) is 0 Å². The predicted octanol–water partition coefficient (Wildman–Crippen LogP) is 2.54. The molecule has 1 N–H and O–H groups in total. The van der Waals surface area contributed by atoms with E-state index in [-0.39, 0.29) is 0 Å². The standard InChI is InChI=1S/C12H18O3/c1-4-14-10-6-7-12(15-5-2)11(8-10)9(3)13/h6-9,13H,4-5H2,1-3H3. The van der Waals surface area contributed by atoms with Crippen molar-refractivity contribution < 1.29 is 14.6 Å². The zero-order chi connectivity index (χ0) is 11.3. The molecule has 0 heterocycles. The molecule has 0 amide bonds. The molecule has 0 aliphatic carbocycles. The Morgan fingerprint density at radius 2 is 1.87 bits per heavy atom. The summed E-state index contributed by atoms with van der Waals surface area (Å²) in [4.78, 5) is 0. The molecule has 0 bridgehead atoms. The quantitative estimate of drug-likeness (QED) is 0.811. The van der Waals surface area contributed by atoms with Crippen LogP contribution in [0.15, 0.2) is 18.2 Å². The molecule has 1 rings (SSSR count). The summed E-state index contributed by atoms with van der Waals surface area (Å²) in [6.45, 7) is 6.77. The van der Waals surface area contributed by atoms with Gasteiger partial charge in [-0.05, 0) is 39.0 Å². The molecule has 0 aliphatic rings. The number of hydrogen-bond acceptors (Lipinski definition) is 3. The number of ether oxygens (including phenoxy) is 2. The van der Waals surface area contributed by atoms with E-state index in [4.69, 9.17) is 9.47 Å². The number of rotatable bonds is 5. The average Bonchev–Trinajstić information content (AvgIpc) is 2.21. The summed E-state index contributed by atoms with van der Waals surface area (Å²) in [6, 6.07) is 5.50. The second-order valence-corrected chi connectivity index (χ2v) is 3.24. The first kappa shape index (κ1) is 11.9. The van der Waals surface area contributed by atoms with Crippen molar-refractivity contribution in [1.29, 1.82) is 0 Å². The lowest BCUT2D eigenvalue weighted by Crippen LogP contribution is -2.01.